The largest absolute Gasteiger partial charge is 0.496 e. The van der Waals surface area contributed by atoms with E-state index < -0.39 is 11.5 Å². The van der Waals surface area contributed by atoms with Crippen LogP contribution in [-0.2, 0) is 17.0 Å². The molecule has 1 atom stereocenters. The van der Waals surface area contributed by atoms with Gasteiger partial charge >= 0.3 is 0 Å². The zero-order chi connectivity index (χ0) is 29.7. The number of primary amides is 1. The van der Waals surface area contributed by atoms with E-state index >= 15 is 0 Å². The molecule has 1 amide bonds. The Morgan fingerprint density at radius 3 is 2.59 bits per heavy atom. The van der Waals surface area contributed by atoms with E-state index in [4.69, 9.17) is 26.8 Å². The van der Waals surface area contributed by atoms with Crippen LogP contribution in [0.1, 0.15) is 36.7 Å². The summed E-state index contributed by atoms with van der Waals surface area (Å²) in [6, 6.07) is 12.4. The van der Waals surface area contributed by atoms with Crippen molar-refractivity contribution >= 4 is 39.9 Å². The van der Waals surface area contributed by atoms with Crippen molar-refractivity contribution < 1.29 is 19.4 Å². The Labute approximate surface area is 243 Å². The third kappa shape index (κ3) is 7.10. The number of hydrogen-bond donors (Lipinski definition) is 3. The van der Waals surface area contributed by atoms with Gasteiger partial charge in [-0.25, -0.2) is 9.97 Å². The number of benzene rings is 2. The molecule has 4 N–H and O–H groups in total. The predicted molar refractivity (Wildman–Crippen MR) is 159 cm³/mol. The van der Waals surface area contributed by atoms with E-state index in [1.165, 1.54) is 12.4 Å². The first-order chi connectivity index (χ1) is 19.5. The first kappa shape index (κ1) is 29.7. The van der Waals surface area contributed by atoms with Gasteiger partial charge in [-0.3, -0.25) is 14.7 Å². The smallest absolute Gasteiger partial charge is 0.241 e. The molecule has 0 radical (unpaired) electrons. The second kappa shape index (κ2) is 12.5. The highest BCUT2D eigenvalue weighted by atomic mass is 35.5. The molecule has 0 saturated heterocycles. The molecule has 2 heterocycles. The van der Waals surface area contributed by atoms with Gasteiger partial charge in [-0.1, -0.05) is 23.7 Å². The number of amides is 1. The molecule has 10 nitrogen and oxygen atoms in total. The molecule has 0 aliphatic rings. The zero-order valence-electron chi connectivity index (χ0n) is 23.6. The van der Waals surface area contributed by atoms with Crippen LogP contribution in [0.15, 0.2) is 67.1 Å². The van der Waals surface area contributed by atoms with Crippen LogP contribution in [0.5, 0.6) is 11.5 Å². The van der Waals surface area contributed by atoms with Crippen LogP contribution in [0.3, 0.4) is 0 Å². The lowest BCUT2D eigenvalue weighted by atomic mass is 9.95. The number of fused-ring (bicyclic) bond motifs is 1. The maximum atomic E-state index is 11.5. The highest BCUT2D eigenvalue weighted by Crippen LogP contribution is 2.40. The minimum Gasteiger partial charge on any atom is -0.496 e. The van der Waals surface area contributed by atoms with Gasteiger partial charge in [0.25, 0.3) is 0 Å². The van der Waals surface area contributed by atoms with Gasteiger partial charge in [-0.2, -0.15) is 0 Å². The Balaban J connectivity index is 1.78. The number of pyridine rings is 1. The van der Waals surface area contributed by atoms with E-state index in [2.05, 4.69) is 20.3 Å². The molecular formula is C30H33ClN6O4. The number of likely N-dealkylation sites (N-methyl/N-ethyl adjacent to an activating group) is 1. The lowest BCUT2D eigenvalue weighted by Gasteiger charge is -2.25. The second-order valence-corrected chi connectivity index (χ2v) is 10.5. The summed E-state index contributed by atoms with van der Waals surface area (Å²) in [7, 11) is 5.34. The summed E-state index contributed by atoms with van der Waals surface area (Å²) < 4.78 is 11.6. The fourth-order valence-corrected chi connectivity index (χ4v) is 4.60. The zero-order valence-corrected chi connectivity index (χ0v) is 24.3. The number of aliphatic hydroxyl groups is 1. The van der Waals surface area contributed by atoms with Gasteiger partial charge < -0.3 is 25.6 Å². The maximum Gasteiger partial charge on any atom is 0.241 e. The third-order valence-corrected chi connectivity index (χ3v) is 6.69. The summed E-state index contributed by atoms with van der Waals surface area (Å²) in [6.07, 6.45) is 6.16. The summed E-state index contributed by atoms with van der Waals surface area (Å²) in [5.41, 5.74) is 7.36. The lowest BCUT2D eigenvalue weighted by molar-refractivity contribution is -0.113. The van der Waals surface area contributed by atoms with Gasteiger partial charge in [0.2, 0.25) is 5.91 Å². The Bertz CT molecular complexity index is 1570. The van der Waals surface area contributed by atoms with E-state index in [1.54, 1.807) is 45.4 Å². The number of ether oxygens (including phenoxy) is 2. The Morgan fingerprint density at radius 2 is 1.95 bits per heavy atom. The van der Waals surface area contributed by atoms with Crippen LogP contribution in [0.2, 0.25) is 5.02 Å². The van der Waals surface area contributed by atoms with Crippen LogP contribution >= 0.6 is 11.6 Å². The predicted octanol–water partition coefficient (Wildman–Crippen LogP) is 4.88. The monoisotopic (exact) mass is 576 g/mol. The van der Waals surface area contributed by atoms with Gasteiger partial charge in [0.05, 0.1) is 35.0 Å². The minimum atomic E-state index is -1.25. The van der Waals surface area contributed by atoms with Crippen molar-refractivity contribution in [2.24, 2.45) is 5.73 Å². The van der Waals surface area contributed by atoms with Crippen LogP contribution in [0.25, 0.3) is 10.9 Å². The van der Waals surface area contributed by atoms with Crippen LogP contribution in [0.4, 0.5) is 11.5 Å². The van der Waals surface area contributed by atoms with Crippen molar-refractivity contribution in [3.8, 4) is 11.5 Å². The number of nitrogens with two attached hydrogens (primary N) is 1. The molecule has 0 fully saturated rings. The molecule has 4 rings (SSSR count). The average Bonchev–Trinajstić information content (AvgIpc) is 2.92. The number of carbonyl (C=O) groups is 1. The van der Waals surface area contributed by atoms with Gasteiger partial charge in [0.1, 0.15) is 30.3 Å². The SMILES string of the molecule is COc1cc2ncnc(Nc3cc(Cl)c(OCc4ccccn4)cc3C(C)(C)O)c2cc1C(C=CC(N)=O)N(C)C. The molecule has 0 saturated carbocycles. The van der Waals surface area contributed by atoms with Crippen molar-refractivity contribution in [1.82, 2.24) is 19.9 Å². The fourth-order valence-electron chi connectivity index (χ4n) is 4.38. The topological polar surface area (TPSA) is 136 Å². The van der Waals surface area contributed by atoms with E-state index in [0.717, 1.165) is 11.3 Å². The Hall–Kier alpha value is -4.25. The molecule has 0 aliphatic heterocycles. The van der Waals surface area contributed by atoms with Crippen LogP contribution in [-0.4, -0.2) is 52.1 Å². The maximum absolute atomic E-state index is 11.5. The van der Waals surface area contributed by atoms with Gasteiger partial charge in [0.15, 0.2) is 0 Å². The highest BCUT2D eigenvalue weighted by molar-refractivity contribution is 6.32. The molecule has 11 heteroatoms. The number of methoxy groups -OCH3 is 1. The third-order valence-electron chi connectivity index (χ3n) is 6.39. The summed E-state index contributed by atoms with van der Waals surface area (Å²) >= 11 is 6.64. The summed E-state index contributed by atoms with van der Waals surface area (Å²) in [5, 5.41) is 15.4. The van der Waals surface area contributed by atoms with Crippen LogP contribution < -0.4 is 20.5 Å². The van der Waals surface area contributed by atoms with E-state index in [0.29, 0.717) is 44.5 Å². The number of aromatic nitrogens is 3. The van der Waals surface area contributed by atoms with E-state index in [1.807, 2.05) is 49.3 Å². The second-order valence-electron chi connectivity index (χ2n) is 10.1. The summed E-state index contributed by atoms with van der Waals surface area (Å²) in [5.74, 6) is 0.934. The lowest BCUT2D eigenvalue weighted by Crippen LogP contribution is -2.20. The van der Waals surface area contributed by atoms with Crippen molar-refractivity contribution in [2.75, 3.05) is 26.5 Å². The fraction of sp³-hybridized carbons (Fsp3) is 0.267. The van der Waals surface area contributed by atoms with Gasteiger partial charge in [0, 0.05) is 40.5 Å². The molecule has 1 unspecified atom stereocenters. The normalized spacial score (nSPS) is 12.6. The summed E-state index contributed by atoms with van der Waals surface area (Å²) in [4.78, 5) is 26.6. The van der Waals surface area contributed by atoms with E-state index in [9.17, 15) is 9.90 Å². The molecule has 2 aromatic carbocycles. The number of anilines is 2. The quantitative estimate of drug-likeness (QED) is 0.213. The van der Waals surface area contributed by atoms with Crippen molar-refractivity contribution in [2.45, 2.75) is 32.1 Å². The molecular weight excluding hydrogens is 544 g/mol. The number of hydrogen-bond acceptors (Lipinski definition) is 9. The number of rotatable bonds is 11. The van der Waals surface area contributed by atoms with Gasteiger partial charge in [-0.15, -0.1) is 0 Å². The molecule has 0 aliphatic carbocycles. The number of halogens is 1. The molecule has 4 aromatic rings. The summed E-state index contributed by atoms with van der Waals surface area (Å²) in [6.45, 7) is 3.58. The first-order valence-electron chi connectivity index (χ1n) is 12.8. The molecule has 214 valence electrons. The van der Waals surface area contributed by atoms with Gasteiger partial charge in [-0.05, 0) is 58.3 Å². The average molecular weight is 577 g/mol. The van der Waals surface area contributed by atoms with Crippen LogP contribution in [0, 0.1) is 0 Å². The molecule has 2 aromatic heterocycles. The Kier molecular flexibility index (Phi) is 9.07. The minimum absolute atomic E-state index is 0.219. The van der Waals surface area contributed by atoms with Crippen molar-refractivity contribution in [3.05, 3.63) is 89.0 Å². The van der Waals surface area contributed by atoms with Crippen molar-refractivity contribution in [3.63, 3.8) is 0 Å². The molecule has 0 spiro atoms. The van der Waals surface area contributed by atoms with Crippen molar-refractivity contribution in [1.29, 1.82) is 0 Å². The Morgan fingerprint density at radius 1 is 1.17 bits per heavy atom. The molecule has 41 heavy (non-hydrogen) atoms. The standard InChI is InChI=1S/C30H33ClN6O4/c1-30(2,39)21-13-27(41-16-18-8-6-7-11-33-18)22(31)14-24(21)36-29-19-12-20(25(37(3)4)9-10-28(32)38)26(40-5)15-23(19)34-17-35-29/h6-15,17,25,39H,16H2,1-5H3,(H2,32,38)(H,34,35,36). The number of carbonyl (C=O) groups excluding carboxylic acids is 1. The molecule has 0 bridgehead atoms. The van der Waals surface area contributed by atoms with E-state index in [-0.39, 0.29) is 12.6 Å². The first-order valence-corrected chi connectivity index (χ1v) is 13.2. The number of nitrogens with one attached hydrogen (secondary N) is 1. The highest BCUT2D eigenvalue weighted by Gasteiger charge is 2.25. The number of nitrogens with zero attached hydrogens (tertiary/aromatic N) is 4.